The normalized spacial score (nSPS) is 17.5. The molecule has 3 aromatic rings. The van der Waals surface area contributed by atoms with E-state index in [4.69, 9.17) is 14.6 Å². The summed E-state index contributed by atoms with van der Waals surface area (Å²) in [5.41, 5.74) is 4.42. The summed E-state index contributed by atoms with van der Waals surface area (Å²) in [6, 6.07) is 14.0. The van der Waals surface area contributed by atoms with E-state index in [0.29, 0.717) is 17.3 Å². The van der Waals surface area contributed by atoms with Crippen LogP contribution in [0.15, 0.2) is 42.5 Å². The maximum absolute atomic E-state index is 13.8. The highest BCUT2D eigenvalue weighted by atomic mass is 32.2. The first-order valence-corrected chi connectivity index (χ1v) is 14.4. The molecule has 0 saturated carbocycles. The summed E-state index contributed by atoms with van der Waals surface area (Å²) in [7, 11) is 0. The molecule has 2 aliphatic rings. The van der Waals surface area contributed by atoms with E-state index in [1.54, 1.807) is 16.7 Å². The quantitative estimate of drug-likeness (QED) is 0.451. The Morgan fingerprint density at radius 2 is 1.95 bits per heavy atom. The van der Waals surface area contributed by atoms with E-state index in [0.717, 1.165) is 34.5 Å². The number of aromatic nitrogens is 2. The van der Waals surface area contributed by atoms with Crippen molar-refractivity contribution in [3.63, 3.8) is 0 Å². The van der Waals surface area contributed by atoms with Crippen LogP contribution in [0.5, 0.6) is 11.5 Å². The van der Waals surface area contributed by atoms with E-state index in [2.05, 4.69) is 32.2 Å². The molecular formula is C30H36N4O4S. The Labute approximate surface area is 234 Å². The summed E-state index contributed by atoms with van der Waals surface area (Å²) in [5, 5.41) is 7.98. The van der Waals surface area contributed by atoms with Gasteiger partial charge in [-0.05, 0) is 55.7 Å². The van der Waals surface area contributed by atoms with Crippen molar-refractivity contribution in [3.8, 4) is 17.2 Å². The molecule has 0 radical (unpaired) electrons. The largest absolute Gasteiger partial charge is 0.454 e. The molecule has 5 rings (SSSR count). The Morgan fingerprint density at radius 1 is 1.18 bits per heavy atom. The molecule has 0 unspecified atom stereocenters. The average Bonchev–Trinajstić information content (AvgIpc) is 3.49. The van der Waals surface area contributed by atoms with Crippen molar-refractivity contribution in [2.24, 2.45) is 0 Å². The van der Waals surface area contributed by atoms with Gasteiger partial charge in [-0.3, -0.25) is 14.5 Å². The van der Waals surface area contributed by atoms with E-state index in [1.807, 2.05) is 61.9 Å². The van der Waals surface area contributed by atoms with E-state index in [-0.39, 0.29) is 47.6 Å². The molecule has 0 spiro atoms. The number of amides is 2. The predicted molar refractivity (Wildman–Crippen MR) is 154 cm³/mol. The van der Waals surface area contributed by atoms with Crippen LogP contribution in [0.1, 0.15) is 68.7 Å². The minimum Gasteiger partial charge on any atom is -0.454 e. The fraction of sp³-hybridized carbons (Fsp3) is 0.433. The third-order valence-electron chi connectivity index (χ3n) is 7.07. The van der Waals surface area contributed by atoms with Crippen molar-refractivity contribution in [2.75, 3.05) is 24.0 Å². The van der Waals surface area contributed by atoms with Gasteiger partial charge in [0.25, 0.3) is 0 Å². The maximum Gasteiger partial charge on any atom is 0.240 e. The van der Waals surface area contributed by atoms with Gasteiger partial charge in [-0.15, -0.1) is 11.8 Å². The standard InChI is InChI=1S/C30H36N4O4S/c1-7-19(3)31-24(35)15-33-25(36)16-39-27(20-11-12-22-23(14-20)38-17-37-22)26-28(30(4,5)6)32-34(29(26)33)21-10-8-9-18(2)13-21/h8-14,19,27H,7,15-17H2,1-6H3,(H,31,35)/t19-,27-/m1/s1. The minimum atomic E-state index is -0.327. The van der Waals surface area contributed by atoms with Gasteiger partial charge in [0.2, 0.25) is 18.6 Å². The van der Waals surface area contributed by atoms with Crippen LogP contribution in [-0.2, 0) is 15.0 Å². The molecule has 1 N–H and O–H groups in total. The third kappa shape index (κ3) is 5.37. The van der Waals surface area contributed by atoms with Crippen LogP contribution in [-0.4, -0.2) is 46.7 Å². The molecule has 206 valence electrons. The minimum absolute atomic E-state index is 0.0154. The lowest BCUT2D eigenvalue weighted by atomic mass is 9.87. The van der Waals surface area contributed by atoms with Crippen LogP contribution in [0.25, 0.3) is 5.69 Å². The topological polar surface area (TPSA) is 85.7 Å². The highest BCUT2D eigenvalue weighted by molar-refractivity contribution is 8.00. The van der Waals surface area contributed by atoms with Crippen LogP contribution >= 0.6 is 11.8 Å². The number of hydrogen-bond acceptors (Lipinski definition) is 6. The number of anilines is 1. The van der Waals surface area contributed by atoms with Gasteiger partial charge in [0.15, 0.2) is 11.5 Å². The van der Waals surface area contributed by atoms with Gasteiger partial charge in [0, 0.05) is 17.0 Å². The number of benzene rings is 2. The van der Waals surface area contributed by atoms with Gasteiger partial charge in [-0.25, -0.2) is 4.68 Å². The van der Waals surface area contributed by atoms with Crippen LogP contribution in [0, 0.1) is 6.92 Å². The van der Waals surface area contributed by atoms with Crippen molar-refractivity contribution in [1.29, 1.82) is 0 Å². The number of carbonyl (C=O) groups excluding carboxylic acids is 2. The molecule has 2 atom stereocenters. The number of fused-ring (bicyclic) bond motifs is 2. The van der Waals surface area contributed by atoms with Crippen molar-refractivity contribution >= 4 is 29.4 Å². The predicted octanol–water partition coefficient (Wildman–Crippen LogP) is 5.29. The zero-order valence-electron chi connectivity index (χ0n) is 23.4. The lowest BCUT2D eigenvalue weighted by Gasteiger charge is -2.25. The number of carbonyl (C=O) groups is 2. The van der Waals surface area contributed by atoms with Crippen molar-refractivity contribution in [3.05, 3.63) is 64.8 Å². The first-order chi connectivity index (χ1) is 18.6. The van der Waals surface area contributed by atoms with Gasteiger partial charge < -0.3 is 14.8 Å². The Morgan fingerprint density at radius 3 is 2.67 bits per heavy atom. The van der Waals surface area contributed by atoms with Crippen molar-refractivity contribution in [2.45, 2.75) is 64.7 Å². The monoisotopic (exact) mass is 548 g/mol. The third-order valence-corrected chi connectivity index (χ3v) is 8.32. The summed E-state index contributed by atoms with van der Waals surface area (Å²) in [5.74, 6) is 1.95. The Bertz CT molecular complexity index is 1410. The second-order valence-corrected chi connectivity index (χ2v) is 12.3. The number of nitrogens with one attached hydrogen (secondary N) is 1. The molecule has 8 nitrogen and oxygen atoms in total. The maximum atomic E-state index is 13.8. The SMILES string of the molecule is CC[C@@H](C)NC(=O)CN1C(=O)CS[C@H](c2ccc3c(c2)OCO3)c2c(C(C)(C)C)nn(-c3cccc(C)c3)c21. The molecule has 0 aliphatic carbocycles. The first kappa shape index (κ1) is 27.1. The van der Waals surface area contributed by atoms with E-state index < -0.39 is 0 Å². The highest BCUT2D eigenvalue weighted by Crippen LogP contribution is 2.49. The molecule has 1 aromatic heterocycles. The zero-order chi connectivity index (χ0) is 27.9. The molecule has 2 aromatic carbocycles. The van der Waals surface area contributed by atoms with Gasteiger partial charge >= 0.3 is 0 Å². The highest BCUT2D eigenvalue weighted by Gasteiger charge is 2.40. The van der Waals surface area contributed by atoms with Gasteiger partial charge in [0.1, 0.15) is 12.4 Å². The zero-order valence-corrected chi connectivity index (χ0v) is 24.2. The molecule has 2 aliphatic heterocycles. The Balaban J connectivity index is 1.74. The van der Waals surface area contributed by atoms with E-state index in [9.17, 15) is 9.59 Å². The number of aryl methyl sites for hydroxylation is 1. The smallest absolute Gasteiger partial charge is 0.240 e. The van der Waals surface area contributed by atoms with Crippen LogP contribution in [0.3, 0.4) is 0 Å². The van der Waals surface area contributed by atoms with E-state index in [1.165, 1.54) is 0 Å². The summed E-state index contributed by atoms with van der Waals surface area (Å²) in [6.45, 7) is 12.5. The van der Waals surface area contributed by atoms with Crippen molar-refractivity contribution < 1.29 is 19.1 Å². The first-order valence-electron chi connectivity index (χ1n) is 13.4. The number of rotatable bonds is 6. The second kappa shape index (κ2) is 10.6. The molecular weight excluding hydrogens is 512 g/mol. The second-order valence-electron chi connectivity index (χ2n) is 11.2. The van der Waals surface area contributed by atoms with Gasteiger partial charge in [-0.1, -0.05) is 45.9 Å². The van der Waals surface area contributed by atoms with Gasteiger partial charge in [-0.2, -0.15) is 5.10 Å². The Kier molecular flexibility index (Phi) is 7.37. The molecule has 2 amide bonds. The molecule has 0 bridgehead atoms. The fourth-order valence-corrected chi connectivity index (χ4v) is 6.11. The van der Waals surface area contributed by atoms with Crippen LogP contribution < -0.4 is 19.7 Å². The summed E-state index contributed by atoms with van der Waals surface area (Å²) < 4.78 is 13.1. The molecule has 0 fully saturated rings. The van der Waals surface area contributed by atoms with Crippen LogP contribution in [0.2, 0.25) is 0 Å². The van der Waals surface area contributed by atoms with Crippen molar-refractivity contribution in [1.82, 2.24) is 15.1 Å². The lowest BCUT2D eigenvalue weighted by molar-refractivity contribution is -0.123. The molecule has 9 heteroatoms. The number of hydrogen-bond donors (Lipinski definition) is 1. The average molecular weight is 549 g/mol. The number of nitrogens with zero attached hydrogens (tertiary/aromatic N) is 3. The van der Waals surface area contributed by atoms with Crippen LogP contribution in [0.4, 0.5) is 5.82 Å². The molecule has 3 heterocycles. The summed E-state index contributed by atoms with van der Waals surface area (Å²) in [4.78, 5) is 28.6. The number of thioether (sulfide) groups is 1. The van der Waals surface area contributed by atoms with E-state index >= 15 is 0 Å². The van der Waals surface area contributed by atoms with Gasteiger partial charge in [0.05, 0.1) is 22.4 Å². The summed E-state index contributed by atoms with van der Waals surface area (Å²) >= 11 is 1.55. The number of ether oxygens (including phenoxy) is 2. The molecule has 39 heavy (non-hydrogen) atoms. The lowest BCUT2D eigenvalue weighted by Crippen LogP contribution is -2.44. The summed E-state index contributed by atoms with van der Waals surface area (Å²) in [6.07, 6.45) is 0.808. The molecule has 0 saturated heterocycles. The Hall–Kier alpha value is -3.46. The fourth-order valence-electron chi connectivity index (χ4n) is 4.92.